The lowest BCUT2D eigenvalue weighted by atomic mass is 10.0. The molecule has 0 saturated carbocycles. The number of fused-ring (bicyclic) bond motifs is 2. The second-order valence-electron chi connectivity index (χ2n) is 7.87. The highest BCUT2D eigenvalue weighted by Gasteiger charge is 2.20. The molecule has 8 nitrogen and oxygen atoms in total. The van der Waals surface area contributed by atoms with Gasteiger partial charge in [0.05, 0.1) is 11.9 Å². The van der Waals surface area contributed by atoms with Crippen molar-refractivity contribution in [3.05, 3.63) is 71.7 Å². The molecular formula is C24H22N6O2. The molecule has 4 aromatic rings. The van der Waals surface area contributed by atoms with Gasteiger partial charge in [0.25, 0.3) is 0 Å². The Morgan fingerprint density at radius 1 is 1.12 bits per heavy atom. The van der Waals surface area contributed by atoms with E-state index in [2.05, 4.69) is 26.8 Å². The van der Waals surface area contributed by atoms with Crippen molar-refractivity contribution in [1.82, 2.24) is 14.4 Å². The predicted molar refractivity (Wildman–Crippen MR) is 124 cm³/mol. The molecule has 0 spiro atoms. The van der Waals surface area contributed by atoms with Crippen LogP contribution in [0.2, 0.25) is 0 Å². The number of hydrogen-bond acceptors (Lipinski definition) is 6. The van der Waals surface area contributed by atoms with E-state index in [-0.39, 0.29) is 5.91 Å². The Morgan fingerprint density at radius 2 is 1.97 bits per heavy atom. The Balaban J connectivity index is 1.62. The summed E-state index contributed by atoms with van der Waals surface area (Å²) in [4.78, 5) is 20.6. The van der Waals surface area contributed by atoms with Crippen molar-refractivity contribution in [1.29, 1.82) is 0 Å². The lowest BCUT2D eigenvalue weighted by Gasteiger charge is -2.13. The van der Waals surface area contributed by atoms with Gasteiger partial charge in [-0.15, -0.1) is 0 Å². The number of aromatic nitrogens is 3. The van der Waals surface area contributed by atoms with Crippen LogP contribution in [0.15, 0.2) is 60.1 Å². The van der Waals surface area contributed by atoms with E-state index in [0.717, 1.165) is 58.0 Å². The number of benzene rings is 2. The Labute approximate surface area is 184 Å². The zero-order chi connectivity index (χ0) is 22.2. The highest BCUT2D eigenvalue weighted by Crippen LogP contribution is 2.35. The summed E-state index contributed by atoms with van der Waals surface area (Å²) in [7, 11) is 0. The number of hydrogen-bond donors (Lipinski definition) is 3. The first-order chi connectivity index (χ1) is 15.5. The van der Waals surface area contributed by atoms with Crippen molar-refractivity contribution < 1.29 is 10.0 Å². The topological polar surface area (TPSA) is 104 Å². The molecule has 0 saturated heterocycles. The molecule has 0 bridgehead atoms. The van der Waals surface area contributed by atoms with E-state index in [1.54, 1.807) is 12.4 Å². The molecule has 2 aromatic carbocycles. The third-order valence-electron chi connectivity index (χ3n) is 5.67. The van der Waals surface area contributed by atoms with Crippen LogP contribution in [0.25, 0.3) is 16.9 Å². The van der Waals surface area contributed by atoms with E-state index in [4.69, 9.17) is 4.98 Å². The summed E-state index contributed by atoms with van der Waals surface area (Å²) in [5.41, 5.74) is 7.91. The molecule has 8 heteroatoms. The average molecular weight is 426 g/mol. The van der Waals surface area contributed by atoms with Gasteiger partial charge in [-0.05, 0) is 55.2 Å². The van der Waals surface area contributed by atoms with Crippen LogP contribution in [0.5, 0.6) is 0 Å². The molecule has 0 atom stereocenters. The van der Waals surface area contributed by atoms with E-state index in [1.165, 1.54) is 6.92 Å². The van der Waals surface area contributed by atoms with Gasteiger partial charge in [0, 0.05) is 41.8 Å². The summed E-state index contributed by atoms with van der Waals surface area (Å²) in [5.74, 6) is 0.681. The van der Waals surface area contributed by atoms with E-state index in [1.807, 2.05) is 47.9 Å². The van der Waals surface area contributed by atoms with Crippen molar-refractivity contribution in [2.24, 2.45) is 5.16 Å². The number of nitrogens with one attached hydrogen (secondary N) is 2. The van der Waals surface area contributed by atoms with Crippen molar-refractivity contribution in [2.45, 2.75) is 26.7 Å². The fraction of sp³-hybridized carbons (Fsp3) is 0.167. The van der Waals surface area contributed by atoms with Crippen LogP contribution in [-0.4, -0.2) is 31.2 Å². The normalized spacial score (nSPS) is 14.0. The fourth-order valence-corrected chi connectivity index (χ4v) is 4.16. The lowest BCUT2D eigenvalue weighted by molar-refractivity contribution is -0.114. The number of imidazole rings is 1. The van der Waals surface area contributed by atoms with Gasteiger partial charge in [0.2, 0.25) is 5.91 Å². The molecule has 2 aromatic heterocycles. The maximum atomic E-state index is 11.6. The Morgan fingerprint density at radius 3 is 2.78 bits per heavy atom. The maximum absolute atomic E-state index is 11.6. The van der Waals surface area contributed by atoms with Crippen LogP contribution in [0.3, 0.4) is 0 Å². The van der Waals surface area contributed by atoms with Crippen LogP contribution in [0.4, 0.5) is 17.2 Å². The molecule has 160 valence electrons. The summed E-state index contributed by atoms with van der Waals surface area (Å²) >= 11 is 0. The van der Waals surface area contributed by atoms with Crippen LogP contribution < -0.4 is 10.6 Å². The van der Waals surface area contributed by atoms with Gasteiger partial charge >= 0.3 is 0 Å². The van der Waals surface area contributed by atoms with Gasteiger partial charge in [-0.2, -0.15) is 0 Å². The number of amides is 1. The summed E-state index contributed by atoms with van der Waals surface area (Å²) in [5, 5.41) is 19.0. The molecule has 0 aliphatic heterocycles. The zero-order valence-corrected chi connectivity index (χ0v) is 17.8. The molecule has 1 amide bonds. The maximum Gasteiger partial charge on any atom is 0.221 e. The van der Waals surface area contributed by atoms with Gasteiger partial charge in [0.1, 0.15) is 11.5 Å². The minimum absolute atomic E-state index is 0.124. The van der Waals surface area contributed by atoms with E-state index < -0.39 is 0 Å². The average Bonchev–Trinajstić information content (AvgIpc) is 3.36. The molecule has 0 fully saturated rings. The molecule has 32 heavy (non-hydrogen) atoms. The van der Waals surface area contributed by atoms with Crippen molar-refractivity contribution in [3.8, 4) is 11.3 Å². The van der Waals surface area contributed by atoms with Gasteiger partial charge < -0.3 is 15.8 Å². The Bertz CT molecular complexity index is 1390. The number of oxime groups is 1. The molecule has 1 aliphatic carbocycles. The second kappa shape index (κ2) is 7.81. The van der Waals surface area contributed by atoms with Crippen LogP contribution >= 0.6 is 0 Å². The Hall–Kier alpha value is -4.20. The third-order valence-corrected chi connectivity index (χ3v) is 5.67. The van der Waals surface area contributed by atoms with Gasteiger partial charge in [0.15, 0.2) is 5.65 Å². The number of carbonyl (C=O) groups excluding carboxylic acids is 1. The number of rotatable bonds is 4. The van der Waals surface area contributed by atoms with Crippen LogP contribution in [0, 0.1) is 6.92 Å². The molecule has 1 aliphatic rings. The smallest absolute Gasteiger partial charge is 0.221 e. The Kier molecular flexibility index (Phi) is 4.82. The van der Waals surface area contributed by atoms with Gasteiger partial charge in [-0.3, -0.25) is 14.2 Å². The lowest BCUT2D eigenvalue weighted by Crippen LogP contribution is -2.06. The van der Waals surface area contributed by atoms with Crippen LogP contribution in [-0.2, 0) is 11.2 Å². The molecule has 0 radical (unpaired) electrons. The summed E-state index contributed by atoms with van der Waals surface area (Å²) in [6.45, 7) is 3.51. The van der Waals surface area contributed by atoms with E-state index >= 15 is 0 Å². The van der Waals surface area contributed by atoms with Gasteiger partial charge in [-0.25, -0.2) is 4.98 Å². The first-order valence-electron chi connectivity index (χ1n) is 10.4. The molecule has 0 unspecified atom stereocenters. The quantitative estimate of drug-likeness (QED) is 0.329. The number of anilines is 3. The largest absolute Gasteiger partial charge is 0.411 e. The molecule has 3 N–H and O–H groups in total. The van der Waals surface area contributed by atoms with Crippen LogP contribution in [0.1, 0.15) is 30.0 Å². The van der Waals surface area contributed by atoms with Crippen molar-refractivity contribution in [2.75, 3.05) is 10.6 Å². The number of nitrogens with zero attached hydrogens (tertiary/aromatic N) is 4. The standard InChI is InChI=1S/C24H22N6O2/c1-14-3-5-18(26-15(2)31)12-20(14)23-24(30-10-9-25-13-22(30)28-23)27-17-6-7-19-16(11-17)4-8-21(19)29-32/h3,5-7,9-13,27,32H,4,8H2,1-2H3,(H,26,31)/b29-21+. The fourth-order valence-electron chi connectivity index (χ4n) is 4.16. The monoisotopic (exact) mass is 426 g/mol. The summed E-state index contributed by atoms with van der Waals surface area (Å²) in [6.07, 6.45) is 6.87. The minimum atomic E-state index is -0.124. The van der Waals surface area contributed by atoms with E-state index in [9.17, 15) is 10.0 Å². The number of aryl methyl sites for hydroxylation is 2. The first kappa shape index (κ1) is 19.7. The third kappa shape index (κ3) is 3.45. The molecular weight excluding hydrogens is 404 g/mol. The molecule has 5 rings (SSSR count). The summed E-state index contributed by atoms with van der Waals surface area (Å²) < 4.78 is 1.96. The first-order valence-corrected chi connectivity index (χ1v) is 10.4. The van der Waals surface area contributed by atoms with Crippen molar-refractivity contribution >= 4 is 34.5 Å². The van der Waals surface area contributed by atoms with Crippen molar-refractivity contribution in [3.63, 3.8) is 0 Å². The SMILES string of the molecule is CC(=O)Nc1ccc(C)c(-c2nc3cnccn3c2Nc2ccc3c(c2)CC/C3=N\O)c1. The van der Waals surface area contributed by atoms with Gasteiger partial charge in [-0.1, -0.05) is 17.3 Å². The highest BCUT2D eigenvalue weighted by molar-refractivity contribution is 6.04. The predicted octanol–water partition coefficient (Wildman–Crippen LogP) is 4.53. The number of carbonyl (C=O) groups is 1. The van der Waals surface area contributed by atoms with E-state index in [0.29, 0.717) is 11.3 Å². The summed E-state index contributed by atoms with van der Waals surface area (Å²) in [6, 6.07) is 11.8. The second-order valence-corrected chi connectivity index (χ2v) is 7.87. The molecule has 2 heterocycles. The zero-order valence-electron chi connectivity index (χ0n) is 17.8. The highest BCUT2D eigenvalue weighted by atomic mass is 16.4. The minimum Gasteiger partial charge on any atom is -0.411 e.